The van der Waals surface area contributed by atoms with Gasteiger partial charge in [0.25, 0.3) is 0 Å². The molecule has 0 atom stereocenters. The predicted molar refractivity (Wildman–Crippen MR) is 95.5 cm³/mol. The number of fused-ring (bicyclic) bond motifs is 2. The Morgan fingerprint density at radius 1 is 1.09 bits per heavy atom. The first-order valence-corrected chi connectivity index (χ1v) is 8.44. The molecule has 0 fully saturated rings. The fourth-order valence-corrected chi connectivity index (χ4v) is 4.00. The van der Waals surface area contributed by atoms with Crippen molar-refractivity contribution in [3.8, 4) is 0 Å². The molecule has 1 N–H and O–H groups in total. The molecule has 114 valence electrons. The first-order valence-electron chi connectivity index (χ1n) is 7.27. The van der Waals surface area contributed by atoms with E-state index in [9.17, 15) is 9.90 Å². The van der Waals surface area contributed by atoms with Crippen molar-refractivity contribution < 1.29 is 9.90 Å². The second kappa shape index (κ2) is 5.36. The number of benzene rings is 2. The molecule has 0 bridgehead atoms. The van der Waals surface area contributed by atoms with Crippen molar-refractivity contribution in [2.24, 2.45) is 0 Å². The van der Waals surface area contributed by atoms with Crippen LogP contribution in [0.5, 0.6) is 0 Å². The fraction of sp³-hybridized carbons (Fsp3) is 0.105. The van der Waals surface area contributed by atoms with Crippen LogP contribution in [0, 0.1) is 0 Å². The van der Waals surface area contributed by atoms with Gasteiger partial charge < -0.3 is 5.11 Å². The highest BCUT2D eigenvalue weighted by atomic mass is 79.9. The van der Waals surface area contributed by atoms with Crippen LogP contribution in [0.1, 0.15) is 22.3 Å². The first kappa shape index (κ1) is 14.7. The van der Waals surface area contributed by atoms with Gasteiger partial charge in [-0.3, -0.25) is 0 Å². The molecule has 2 aromatic rings. The summed E-state index contributed by atoms with van der Waals surface area (Å²) in [6.45, 7) is 0. The second-order valence-corrected chi connectivity index (χ2v) is 7.18. The molecule has 0 aliphatic heterocycles. The number of hydrogen-bond acceptors (Lipinski definition) is 1. The number of aliphatic carboxylic acids is 1. The Morgan fingerprint density at radius 3 is 2.70 bits per heavy atom. The average Bonchev–Trinajstić information content (AvgIpc) is 3.06. The fourth-order valence-electron chi connectivity index (χ4n) is 3.41. The lowest BCUT2D eigenvalue weighted by atomic mass is 9.98. The lowest BCUT2D eigenvalue weighted by molar-refractivity contribution is -0.130. The highest BCUT2D eigenvalue weighted by Gasteiger charge is 2.30. The summed E-state index contributed by atoms with van der Waals surface area (Å²) in [6.07, 6.45) is 3.48. The molecule has 0 spiro atoms. The van der Waals surface area contributed by atoms with E-state index in [1.54, 1.807) is 0 Å². The van der Waals surface area contributed by atoms with E-state index in [1.165, 1.54) is 5.56 Å². The molecule has 2 nitrogen and oxygen atoms in total. The van der Waals surface area contributed by atoms with Crippen LogP contribution in [0.4, 0.5) is 0 Å². The maximum atomic E-state index is 11.8. The molecule has 0 aromatic heterocycles. The lowest BCUT2D eigenvalue weighted by Crippen LogP contribution is -2.01. The highest BCUT2D eigenvalue weighted by molar-refractivity contribution is 9.10. The monoisotopic (exact) mass is 386 g/mol. The van der Waals surface area contributed by atoms with Crippen molar-refractivity contribution in [2.75, 3.05) is 0 Å². The molecule has 2 aliphatic carbocycles. The highest BCUT2D eigenvalue weighted by Crippen LogP contribution is 2.41. The summed E-state index contributed by atoms with van der Waals surface area (Å²) in [5.74, 6) is -0.865. The third-order valence-electron chi connectivity index (χ3n) is 4.43. The molecular formula is C19H12BrClO2. The maximum absolute atomic E-state index is 11.8. The Labute approximate surface area is 147 Å². The number of allylic oxidation sites excluding steroid dienone is 2. The SMILES string of the molecule is O=C(O)C1=C(C2=Cc3cc(Cl)ccc3C2)Cc2cc(Br)ccc21. The maximum Gasteiger partial charge on any atom is 0.336 e. The molecule has 0 amide bonds. The van der Waals surface area contributed by atoms with Crippen molar-refractivity contribution in [2.45, 2.75) is 12.8 Å². The molecule has 2 aromatic carbocycles. The Hall–Kier alpha value is -1.84. The van der Waals surface area contributed by atoms with Crippen molar-refractivity contribution in [1.82, 2.24) is 0 Å². The van der Waals surface area contributed by atoms with Gasteiger partial charge >= 0.3 is 5.97 Å². The normalized spacial score (nSPS) is 15.5. The molecular weight excluding hydrogens is 376 g/mol. The minimum atomic E-state index is -0.865. The molecule has 0 saturated carbocycles. The summed E-state index contributed by atoms with van der Waals surface area (Å²) in [4.78, 5) is 11.8. The van der Waals surface area contributed by atoms with Crippen LogP contribution < -0.4 is 0 Å². The topological polar surface area (TPSA) is 37.3 Å². The van der Waals surface area contributed by atoms with Gasteiger partial charge in [-0.15, -0.1) is 0 Å². The Morgan fingerprint density at radius 2 is 1.91 bits per heavy atom. The van der Waals surface area contributed by atoms with Crippen molar-refractivity contribution in [1.29, 1.82) is 0 Å². The summed E-state index contributed by atoms with van der Waals surface area (Å²) in [5.41, 5.74) is 6.58. The zero-order valence-corrected chi connectivity index (χ0v) is 14.4. The Balaban J connectivity index is 1.82. The number of halogens is 2. The van der Waals surface area contributed by atoms with E-state index < -0.39 is 5.97 Å². The molecule has 2 aliphatic rings. The summed E-state index contributed by atoms with van der Waals surface area (Å²) < 4.78 is 0.970. The van der Waals surface area contributed by atoms with Gasteiger partial charge in [0.05, 0.1) is 5.57 Å². The minimum absolute atomic E-state index is 0.428. The number of carbonyl (C=O) groups is 1. The van der Waals surface area contributed by atoms with Crippen LogP contribution in [0.15, 0.2) is 52.0 Å². The first-order chi connectivity index (χ1) is 11.0. The summed E-state index contributed by atoms with van der Waals surface area (Å²) in [7, 11) is 0. The minimum Gasteiger partial charge on any atom is -0.478 e. The largest absolute Gasteiger partial charge is 0.478 e. The molecule has 4 heteroatoms. The van der Waals surface area contributed by atoms with E-state index in [2.05, 4.69) is 22.0 Å². The summed E-state index contributed by atoms with van der Waals surface area (Å²) in [6, 6.07) is 11.6. The van der Waals surface area contributed by atoms with E-state index in [1.807, 2.05) is 36.4 Å². The molecule has 4 rings (SSSR count). The number of carboxylic acids is 1. The molecule has 23 heavy (non-hydrogen) atoms. The number of hydrogen-bond donors (Lipinski definition) is 1. The van der Waals surface area contributed by atoms with Gasteiger partial charge in [-0.1, -0.05) is 45.7 Å². The standard InChI is InChI=1S/C19H12BrClO2/c20-14-2-4-16-13(7-14)9-17(18(16)19(22)23)12-5-10-1-3-15(21)8-11(10)6-12/h1-4,6-8H,5,9H2,(H,22,23). The third-order valence-corrected chi connectivity index (χ3v) is 5.15. The van der Waals surface area contributed by atoms with E-state index in [0.717, 1.165) is 38.7 Å². The predicted octanol–water partition coefficient (Wildman–Crippen LogP) is 5.14. The Bertz CT molecular complexity index is 925. The smallest absolute Gasteiger partial charge is 0.336 e. The number of carboxylic acid groups (broad SMARTS) is 1. The molecule has 0 unspecified atom stereocenters. The van der Waals surface area contributed by atoms with Crippen molar-refractivity contribution >= 4 is 45.1 Å². The van der Waals surface area contributed by atoms with E-state index in [0.29, 0.717) is 17.0 Å². The van der Waals surface area contributed by atoms with Gasteiger partial charge in [0.1, 0.15) is 0 Å². The van der Waals surface area contributed by atoms with Crippen LogP contribution in [-0.4, -0.2) is 11.1 Å². The van der Waals surface area contributed by atoms with Crippen LogP contribution in [-0.2, 0) is 17.6 Å². The van der Waals surface area contributed by atoms with Crippen LogP contribution in [0.3, 0.4) is 0 Å². The lowest BCUT2D eigenvalue weighted by Gasteiger charge is -2.05. The van der Waals surface area contributed by atoms with Gasteiger partial charge in [0.2, 0.25) is 0 Å². The van der Waals surface area contributed by atoms with Gasteiger partial charge in [-0.25, -0.2) is 4.79 Å². The average molecular weight is 388 g/mol. The zero-order valence-electron chi connectivity index (χ0n) is 12.1. The van der Waals surface area contributed by atoms with Crippen LogP contribution in [0.2, 0.25) is 5.02 Å². The zero-order chi connectivity index (χ0) is 16.1. The molecule has 0 saturated heterocycles. The summed E-state index contributed by atoms with van der Waals surface area (Å²) >= 11 is 9.52. The van der Waals surface area contributed by atoms with Crippen molar-refractivity contribution in [3.05, 3.63) is 79.3 Å². The van der Waals surface area contributed by atoms with Gasteiger partial charge in [-0.05, 0) is 70.5 Å². The van der Waals surface area contributed by atoms with E-state index >= 15 is 0 Å². The molecule has 0 radical (unpaired) electrons. The van der Waals surface area contributed by atoms with E-state index in [-0.39, 0.29) is 0 Å². The second-order valence-electron chi connectivity index (χ2n) is 5.83. The van der Waals surface area contributed by atoms with Crippen LogP contribution in [0.25, 0.3) is 11.6 Å². The van der Waals surface area contributed by atoms with Gasteiger partial charge in [0.15, 0.2) is 0 Å². The van der Waals surface area contributed by atoms with Gasteiger partial charge in [0, 0.05) is 9.50 Å². The summed E-state index contributed by atoms with van der Waals surface area (Å²) in [5, 5.41) is 10.4. The Kier molecular flexibility index (Phi) is 3.43. The van der Waals surface area contributed by atoms with Crippen LogP contribution >= 0.6 is 27.5 Å². The quantitative estimate of drug-likeness (QED) is 0.775. The van der Waals surface area contributed by atoms with Gasteiger partial charge in [-0.2, -0.15) is 0 Å². The van der Waals surface area contributed by atoms with E-state index in [4.69, 9.17) is 11.6 Å². The van der Waals surface area contributed by atoms with Crippen molar-refractivity contribution in [3.63, 3.8) is 0 Å². The third kappa shape index (κ3) is 2.44. The number of rotatable bonds is 2. The molecule has 0 heterocycles.